The van der Waals surface area contributed by atoms with Crippen molar-refractivity contribution in [2.24, 2.45) is 0 Å². The van der Waals surface area contributed by atoms with Crippen LogP contribution in [0.5, 0.6) is 0 Å². The molecule has 0 spiro atoms. The SMILES string of the molecule is CC(NC(=O)CC1CCCO1)c1ccc(C(F)(F)F)cc1. The van der Waals surface area contributed by atoms with Gasteiger partial charge in [0.1, 0.15) is 0 Å². The first kappa shape index (κ1) is 15.8. The topological polar surface area (TPSA) is 38.3 Å². The molecule has 1 aliphatic rings. The number of hydrogen-bond donors (Lipinski definition) is 1. The molecule has 3 nitrogen and oxygen atoms in total. The largest absolute Gasteiger partial charge is 0.416 e. The van der Waals surface area contributed by atoms with Gasteiger partial charge in [0, 0.05) is 6.61 Å². The maximum Gasteiger partial charge on any atom is 0.416 e. The van der Waals surface area contributed by atoms with Gasteiger partial charge in [-0.05, 0) is 37.5 Å². The summed E-state index contributed by atoms with van der Waals surface area (Å²) in [5, 5.41) is 2.78. The summed E-state index contributed by atoms with van der Waals surface area (Å²) in [7, 11) is 0. The van der Waals surface area contributed by atoms with E-state index in [4.69, 9.17) is 4.74 Å². The number of hydrogen-bond acceptors (Lipinski definition) is 2. The highest BCUT2D eigenvalue weighted by atomic mass is 19.4. The highest BCUT2D eigenvalue weighted by molar-refractivity contribution is 5.77. The standard InChI is InChI=1S/C15H18F3NO2/c1-10(19-14(20)9-13-3-2-8-21-13)11-4-6-12(7-5-11)15(16,17)18/h4-7,10,13H,2-3,8-9H2,1H3,(H,19,20). The van der Waals surface area contributed by atoms with Crippen LogP contribution in [0.25, 0.3) is 0 Å². The number of carbonyl (C=O) groups excluding carboxylic acids is 1. The van der Waals surface area contributed by atoms with Crippen molar-refractivity contribution in [2.75, 3.05) is 6.61 Å². The summed E-state index contributed by atoms with van der Waals surface area (Å²) in [6.45, 7) is 2.43. The third-order valence-electron chi connectivity index (χ3n) is 3.55. The lowest BCUT2D eigenvalue weighted by Crippen LogP contribution is -2.29. The van der Waals surface area contributed by atoms with E-state index in [0.29, 0.717) is 18.6 Å². The zero-order valence-electron chi connectivity index (χ0n) is 11.7. The van der Waals surface area contributed by atoms with E-state index < -0.39 is 11.7 Å². The molecule has 1 fully saturated rings. The Balaban J connectivity index is 1.90. The van der Waals surface area contributed by atoms with Crippen LogP contribution in [0, 0.1) is 0 Å². The molecule has 2 atom stereocenters. The quantitative estimate of drug-likeness (QED) is 0.925. The molecule has 0 aliphatic carbocycles. The summed E-state index contributed by atoms with van der Waals surface area (Å²) in [5.41, 5.74) is -0.0483. The van der Waals surface area contributed by atoms with Crippen molar-refractivity contribution >= 4 is 5.91 Å². The van der Waals surface area contributed by atoms with E-state index in [-0.39, 0.29) is 18.1 Å². The minimum Gasteiger partial charge on any atom is -0.378 e. The van der Waals surface area contributed by atoms with E-state index in [9.17, 15) is 18.0 Å². The lowest BCUT2D eigenvalue weighted by atomic mass is 10.1. The maximum absolute atomic E-state index is 12.5. The van der Waals surface area contributed by atoms with E-state index in [1.165, 1.54) is 12.1 Å². The molecule has 116 valence electrons. The fourth-order valence-corrected chi connectivity index (χ4v) is 2.36. The number of amides is 1. The number of benzene rings is 1. The van der Waals surface area contributed by atoms with Gasteiger partial charge in [0.25, 0.3) is 0 Å². The Labute approximate surface area is 121 Å². The van der Waals surface area contributed by atoms with Crippen LogP contribution >= 0.6 is 0 Å². The second-order valence-corrected chi connectivity index (χ2v) is 5.25. The predicted octanol–water partition coefficient (Wildman–Crippen LogP) is 3.45. The van der Waals surface area contributed by atoms with Crippen molar-refractivity contribution in [2.45, 2.75) is 44.5 Å². The molecule has 21 heavy (non-hydrogen) atoms. The van der Waals surface area contributed by atoms with Crippen molar-refractivity contribution in [1.82, 2.24) is 5.32 Å². The fourth-order valence-electron chi connectivity index (χ4n) is 2.36. The first-order chi connectivity index (χ1) is 9.86. The Morgan fingerprint density at radius 2 is 2.05 bits per heavy atom. The predicted molar refractivity (Wildman–Crippen MR) is 71.6 cm³/mol. The Bertz CT molecular complexity index is 479. The minimum atomic E-state index is -4.34. The molecule has 1 saturated heterocycles. The second kappa shape index (κ2) is 6.47. The molecular weight excluding hydrogens is 283 g/mol. The van der Waals surface area contributed by atoms with E-state index >= 15 is 0 Å². The molecule has 1 amide bonds. The number of ether oxygens (including phenoxy) is 1. The highest BCUT2D eigenvalue weighted by Crippen LogP contribution is 2.29. The maximum atomic E-state index is 12.5. The van der Waals surface area contributed by atoms with Gasteiger partial charge in [-0.1, -0.05) is 12.1 Å². The number of alkyl halides is 3. The molecule has 1 aliphatic heterocycles. The summed E-state index contributed by atoms with van der Waals surface area (Å²) in [5.74, 6) is -0.144. The summed E-state index contributed by atoms with van der Waals surface area (Å²) < 4.78 is 42.8. The van der Waals surface area contributed by atoms with Crippen LogP contribution in [0.4, 0.5) is 13.2 Å². The van der Waals surface area contributed by atoms with Crippen molar-refractivity contribution in [3.05, 3.63) is 35.4 Å². The summed E-state index contributed by atoms with van der Waals surface area (Å²) in [6.07, 6.45) is -2.24. The second-order valence-electron chi connectivity index (χ2n) is 5.25. The Hall–Kier alpha value is -1.56. The molecule has 1 aromatic carbocycles. The normalized spacial score (nSPS) is 20.3. The van der Waals surface area contributed by atoms with Gasteiger partial charge in [-0.15, -0.1) is 0 Å². The van der Waals surface area contributed by atoms with E-state index in [2.05, 4.69) is 5.32 Å². The van der Waals surface area contributed by atoms with Gasteiger partial charge < -0.3 is 10.1 Å². The van der Waals surface area contributed by atoms with E-state index in [1.54, 1.807) is 6.92 Å². The van der Waals surface area contributed by atoms with Gasteiger partial charge in [-0.2, -0.15) is 13.2 Å². The molecule has 0 radical (unpaired) electrons. The van der Waals surface area contributed by atoms with Crippen molar-refractivity contribution in [3.8, 4) is 0 Å². The minimum absolute atomic E-state index is 0.0372. The molecule has 2 unspecified atom stereocenters. The molecule has 6 heteroatoms. The first-order valence-electron chi connectivity index (χ1n) is 6.94. The third kappa shape index (κ3) is 4.46. The first-order valence-corrected chi connectivity index (χ1v) is 6.94. The summed E-state index contributed by atoms with van der Waals surface area (Å²) in [6, 6.07) is 4.50. The zero-order chi connectivity index (χ0) is 15.5. The van der Waals surface area contributed by atoms with Crippen LogP contribution in [-0.2, 0) is 15.7 Å². The highest BCUT2D eigenvalue weighted by Gasteiger charge is 2.30. The molecule has 1 heterocycles. The summed E-state index contributed by atoms with van der Waals surface area (Å²) >= 11 is 0. The smallest absolute Gasteiger partial charge is 0.378 e. The van der Waals surface area contributed by atoms with Crippen LogP contribution in [0.2, 0.25) is 0 Å². The molecule has 1 N–H and O–H groups in total. The van der Waals surface area contributed by atoms with Crippen LogP contribution in [0.3, 0.4) is 0 Å². The van der Waals surface area contributed by atoms with Crippen molar-refractivity contribution in [3.63, 3.8) is 0 Å². The van der Waals surface area contributed by atoms with Crippen LogP contribution in [0.15, 0.2) is 24.3 Å². The molecule has 2 rings (SSSR count). The number of nitrogens with one attached hydrogen (secondary N) is 1. The van der Waals surface area contributed by atoms with E-state index in [1.807, 2.05) is 0 Å². The molecular formula is C15H18F3NO2. The number of rotatable bonds is 4. The number of carbonyl (C=O) groups is 1. The van der Waals surface area contributed by atoms with Crippen LogP contribution < -0.4 is 5.32 Å². The fraction of sp³-hybridized carbons (Fsp3) is 0.533. The molecule has 0 bridgehead atoms. The van der Waals surface area contributed by atoms with Crippen LogP contribution in [0.1, 0.15) is 43.4 Å². The van der Waals surface area contributed by atoms with E-state index in [0.717, 1.165) is 25.0 Å². The zero-order valence-corrected chi connectivity index (χ0v) is 11.7. The third-order valence-corrected chi connectivity index (χ3v) is 3.55. The Morgan fingerprint density at radius 3 is 2.57 bits per heavy atom. The average molecular weight is 301 g/mol. The van der Waals surface area contributed by atoms with Gasteiger partial charge in [0.15, 0.2) is 0 Å². The molecule has 1 aromatic rings. The lowest BCUT2D eigenvalue weighted by Gasteiger charge is -2.17. The monoisotopic (exact) mass is 301 g/mol. The number of halogens is 3. The Morgan fingerprint density at radius 1 is 1.38 bits per heavy atom. The van der Waals surface area contributed by atoms with Gasteiger partial charge in [0.05, 0.1) is 24.1 Å². The molecule has 0 saturated carbocycles. The van der Waals surface area contributed by atoms with Gasteiger partial charge in [0.2, 0.25) is 5.91 Å². The van der Waals surface area contributed by atoms with Crippen LogP contribution in [-0.4, -0.2) is 18.6 Å². The van der Waals surface area contributed by atoms with Crippen molar-refractivity contribution in [1.29, 1.82) is 0 Å². The van der Waals surface area contributed by atoms with Crippen molar-refractivity contribution < 1.29 is 22.7 Å². The van der Waals surface area contributed by atoms with Gasteiger partial charge in [-0.25, -0.2) is 0 Å². The Kier molecular flexibility index (Phi) is 4.88. The molecule has 0 aromatic heterocycles. The summed E-state index contributed by atoms with van der Waals surface area (Å²) in [4.78, 5) is 11.8. The lowest BCUT2D eigenvalue weighted by molar-refractivity contribution is -0.137. The average Bonchev–Trinajstić information content (AvgIpc) is 2.90. The van der Waals surface area contributed by atoms with Gasteiger partial charge in [-0.3, -0.25) is 4.79 Å². The van der Waals surface area contributed by atoms with Gasteiger partial charge >= 0.3 is 6.18 Å².